The van der Waals surface area contributed by atoms with E-state index in [-0.39, 0.29) is 11.9 Å². The molecule has 0 saturated heterocycles. The highest BCUT2D eigenvalue weighted by Gasteiger charge is 2.22. The lowest BCUT2D eigenvalue weighted by Crippen LogP contribution is -2.34. The van der Waals surface area contributed by atoms with Crippen LogP contribution in [0.3, 0.4) is 0 Å². The van der Waals surface area contributed by atoms with Crippen molar-refractivity contribution in [3.8, 4) is 16.5 Å². The molecule has 4 heterocycles. The van der Waals surface area contributed by atoms with E-state index in [1.807, 2.05) is 31.4 Å². The van der Waals surface area contributed by atoms with Crippen LogP contribution in [0.2, 0.25) is 0 Å². The molecular weight excluding hydrogens is 466 g/mol. The van der Waals surface area contributed by atoms with Crippen LogP contribution in [0.5, 0.6) is 0 Å². The summed E-state index contributed by atoms with van der Waals surface area (Å²) in [5.74, 6) is 0.175. The molecule has 4 rings (SSSR count). The predicted molar refractivity (Wildman–Crippen MR) is 132 cm³/mol. The van der Waals surface area contributed by atoms with Gasteiger partial charge in [0.15, 0.2) is 0 Å². The minimum absolute atomic E-state index is 0.252. The second kappa shape index (κ2) is 10.6. The Morgan fingerprint density at radius 1 is 1.26 bits per heavy atom. The lowest BCUT2D eigenvalue weighted by Gasteiger charge is -2.14. The number of hydrogen-bond donors (Lipinski definition) is 2. The number of carbonyl (C=O) groups excluding carboxylic acids is 1. The molecule has 0 unspecified atom stereocenters. The number of carbonyl (C=O) groups is 2. The van der Waals surface area contributed by atoms with E-state index in [0.717, 1.165) is 39.2 Å². The van der Waals surface area contributed by atoms with Crippen LogP contribution in [-0.4, -0.2) is 52.4 Å². The number of rotatable bonds is 9. The monoisotopic (exact) mass is 493 g/mol. The van der Waals surface area contributed by atoms with Gasteiger partial charge in [0.05, 0.1) is 33.7 Å². The summed E-state index contributed by atoms with van der Waals surface area (Å²) in [4.78, 5) is 38.6. The topological polar surface area (TPSA) is 128 Å². The van der Waals surface area contributed by atoms with Gasteiger partial charge in [0.25, 0.3) is 11.9 Å². The molecule has 0 fully saturated rings. The highest BCUT2D eigenvalue weighted by atomic mass is 32.1. The lowest BCUT2D eigenvalue weighted by atomic mass is 10.1. The third kappa shape index (κ3) is 5.46. The zero-order valence-corrected chi connectivity index (χ0v) is 20.6. The summed E-state index contributed by atoms with van der Waals surface area (Å²) < 4.78 is 2.64. The Bertz CT molecular complexity index is 1330. The maximum atomic E-state index is 13.2. The molecule has 1 amide bonds. The molecule has 0 saturated carbocycles. The van der Waals surface area contributed by atoms with E-state index in [9.17, 15) is 9.59 Å². The van der Waals surface area contributed by atoms with Gasteiger partial charge in [-0.3, -0.25) is 4.79 Å². The molecule has 11 heteroatoms. The van der Waals surface area contributed by atoms with Gasteiger partial charge in [0, 0.05) is 24.9 Å². The van der Waals surface area contributed by atoms with E-state index in [4.69, 9.17) is 10.1 Å². The largest absolute Gasteiger partial charge is 0.464 e. The smallest absolute Gasteiger partial charge is 0.416 e. The van der Waals surface area contributed by atoms with Crippen LogP contribution >= 0.6 is 11.3 Å². The Morgan fingerprint density at radius 3 is 2.77 bits per heavy atom. The zero-order valence-electron chi connectivity index (χ0n) is 19.8. The van der Waals surface area contributed by atoms with Crippen molar-refractivity contribution in [2.75, 3.05) is 0 Å². The Labute approximate surface area is 206 Å². The van der Waals surface area contributed by atoms with Crippen molar-refractivity contribution >= 4 is 23.3 Å². The fraction of sp³-hybridized carbons (Fsp3) is 0.333. The van der Waals surface area contributed by atoms with Gasteiger partial charge in [0.2, 0.25) is 0 Å². The Balaban J connectivity index is 1.58. The van der Waals surface area contributed by atoms with Crippen molar-refractivity contribution in [3.63, 3.8) is 0 Å². The van der Waals surface area contributed by atoms with E-state index < -0.39 is 6.09 Å². The molecule has 0 radical (unpaired) electrons. The fourth-order valence-corrected chi connectivity index (χ4v) is 4.54. The van der Waals surface area contributed by atoms with Gasteiger partial charge in [-0.25, -0.2) is 29.0 Å². The van der Waals surface area contributed by atoms with E-state index in [0.29, 0.717) is 30.0 Å². The number of nitrogens with zero attached hydrogens (tertiary/aromatic N) is 6. The third-order valence-electron chi connectivity index (χ3n) is 5.53. The Kier molecular flexibility index (Phi) is 7.35. The first kappa shape index (κ1) is 24.3. The number of aryl methyl sites for hydroxylation is 1. The summed E-state index contributed by atoms with van der Waals surface area (Å²) >= 11 is 1.61. The average molecular weight is 494 g/mol. The second-order valence-corrected chi connectivity index (χ2v) is 9.28. The Morgan fingerprint density at radius 2 is 2.09 bits per heavy atom. The molecule has 0 aliphatic rings. The molecule has 0 aromatic carbocycles. The van der Waals surface area contributed by atoms with E-state index >= 15 is 0 Å². The van der Waals surface area contributed by atoms with Crippen molar-refractivity contribution in [1.29, 1.82) is 0 Å². The molecule has 35 heavy (non-hydrogen) atoms. The van der Waals surface area contributed by atoms with Gasteiger partial charge in [0.1, 0.15) is 6.33 Å². The highest BCUT2D eigenvalue weighted by molar-refractivity contribution is 7.13. The summed E-state index contributed by atoms with van der Waals surface area (Å²) in [5.41, 5.74) is 3.63. The molecule has 1 atom stereocenters. The van der Waals surface area contributed by atoms with Gasteiger partial charge < -0.3 is 10.4 Å². The van der Waals surface area contributed by atoms with Crippen LogP contribution in [0.25, 0.3) is 16.5 Å². The van der Waals surface area contributed by atoms with Crippen LogP contribution in [0.4, 0.5) is 4.79 Å². The number of aromatic nitrogens is 6. The molecule has 182 valence electrons. The van der Waals surface area contributed by atoms with Crippen LogP contribution in [-0.2, 0) is 12.8 Å². The Hall–Kier alpha value is -3.86. The first-order valence-electron chi connectivity index (χ1n) is 11.4. The minimum Gasteiger partial charge on any atom is -0.464 e. The summed E-state index contributed by atoms with van der Waals surface area (Å²) in [5, 5.41) is 18.5. The first-order valence-corrected chi connectivity index (χ1v) is 12.3. The van der Waals surface area contributed by atoms with Crippen molar-refractivity contribution in [2.45, 2.75) is 52.5 Å². The molecule has 4 aromatic heterocycles. The van der Waals surface area contributed by atoms with E-state index in [2.05, 4.69) is 27.3 Å². The molecular formula is C24H27N7O3S. The maximum Gasteiger partial charge on any atom is 0.416 e. The molecule has 10 nitrogen and oxygen atoms in total. The number of unbranched alkanes of at least 4 members (excludes halogenated alkanes) is 1. The van der Waals surface area contributed by atoms with Crippen LogP contribution in [0.1, 0.15) is 54.0 Å². The second-order valence-electron chi connectivity index (χ2n) is 8.33. The predicted octanol–water partition coefficient (Wildman–Crippen LogP) is 4.13. The number of imidazole rings is 1. The quantitative estimate of drug-likeness (QED) is 0.359. The third-order valence-corrected chi connectivity index (χ3v) is 6.41. The summed E-state index contributed by atoms with van der Waals surface area (Å²) in [6.45, 7) is 5.92. The van der Waals surface area contributed by atoms with Crippen LogP contribution < -0.4 is 5.32 Å². The van der Waals surface area contributed by atoms with Gasteiger partial charge in [-0.15, -0.1) is 11.3 Å². The first-order chi connectivity index (χ1) is 16.9. The summed E-state index contributed by atoms with van der Waals surface area (Å²) in [6, 6.07) is 3.74. The number of hydrogen-bond acceptors (Lipinski definition) is 7. The maximum absolute atomic E-state index is 13.2. The zero-order chi connectivity index (χ0) is 24.9. The fourth-order valence-electron chi connectivity index (χ4n) is 3.76. The van der Waals surface area contributed by atoms with E-state index in [1.165, 1.54) is 12.5 Å². The highest BCUT2D eigenvalue weighted by Crippen LogP contribution is 2.26. The SMILES string of the molecule is CCCCc1c(C(=O)N[C@H](C)Cc2cn(C(=O)O)cn2)cnn1-c1ncc(C)c(-c2cccs2)n1. The van der Waals surface area contributed by atoms with Gasteiger partial charge in [-0.05, 0) is 43.7 Å². The normalized spacial score (nSPS) is 12.0. The standard InChI is InChI=1S/C24H27N7O3S/c1-4-5-7-19-18(22(32)28-16(3)10-17-13-30(14-26-17)24(33)34)12-27-31(19)23-25-11-15(2)21(29-23)20-8-6-9-35-20/h6,8-9,11-14,16H,4-5,7,10H2,1-3H3,(H,28,32)(H,33,34)/t16-/m1/s1. The molecule has 0 bridgehead atoms. The number of nitrogens with one attached hydrogen (secondary N) is 1. The number of amides is 1. The van der Waals surface area contributed by atoms with Crippen molar-refractivity contribution in [1.82, 2.24) is 34.6 Å². The molecule has 4 aromatic rings. The molecule has 0 spiro atoms. The average Bonchev–Trinajstić information content (AvgIpc) is 3.58. The van der Waals surface area contributed by atoms with Crippen molar-refractivity contribution in [2.24, 2.45) is 0 Å². The molecule has 0 aliphatic heterocycles. The number of thiophene rings is 1. The van der Waals surface area contributed by atoms with Crippen LogP contribution in [0, 0.1) is 6.92 Å². The van der Waals surface area contributed by atoms with Gasteiger partial charge in [-0.2, -0.15) is 5.10 Å². The lowest BCUT2D eigenvalue weighted by molar-refractivity contribution is 0.0938. The summed E-state index contributed by atoms with van der Waals surface area (Å²) in [7, 11) is 0. The minimum atomic E-state index is -1.10. The van der Waals surface area contributed by atoms with Gasteiger partial charge >= 0.3 is 6.09 Å². The van der Waals surface area contributed by atoms with Crippen LogP contribution in [0.15, 0.2) is 42.4 Å². The molecule has 0 aliphatic carbocycles. The van der Waals surface area contributed by atoms with Crippen molar-refractivity contribution < 1.29 is 14.7 Å². The number of carboxylic acid groups (broad SMARTS) is 1. The van der Waals surface area contributed by atoms with Gasteiger partial charge in [-0.1, -0.05) is 19.4 Å². The van der Waals surface area contributed by atoms with E-state index in [1.54, 1.807) is 28.4 Å². The molecule has 2 N–H and O–H groups in total. The summed E-state index contributed by atoms with van der Waals surface area (Å²) in [6.07, 6.45) is 7.82. The van der Waals surface area contributed by atoms with Crippen molar-refractivity contribution in [3.05, 3.63) is 64.9 Å².